The zero-order valence-corrected chi connectivity index (χ0v) is 17.1. The molecule has 0 aliphatic carbocycles. The number of carbonyl (C=O) groups excluding carboxylic acids is 1. The summed E-state index contributed by atoms with van der Waals surface area (Å²) >= 11 is 1.76. The second-order valence-corrected chi connectivity index (χ2v) is 8.63. The molecule has 1 aromatic carbocycles. The van der Waals surface area contributed by atoms with Crippen molar-refractivity contribution in [1.82, 2.24) is 24.8 Å². The van der Waals surface area contributed by atoms with Crippen molar-refractivity contribution < 1.29 is 4.79 Å². The largest absolute Gasteiger partial charge is 0.338 e. The first-order valence-electron chi connectivity index (χ1n) is 10.2. The lowest BCUT2D eigenvalue weighted by molar-refractivity contribution is -0.133. The first kappa shape index (κ1) is 18.4. The molecule has 3 aromatic rings. The van der Waals surface area contributed by atoms with Crippen LogP contribution < -0.4 is 4.90 Å². The van der Waals surface area contributed by atoms with Gasteiger partial charge in [0.1, 0.15) is 5.01 Å². The van der Waals surface area contributed by atoms with Crippen molar-refractivity contribution in [2.24, 2.45) is 0 Å². The standard InChI is InChI=1S/C21H24N6OS/c28-19(25-11-13-26(14-12-25)21-22-8-4-9-23-21)15-27-10-3-6-17(27)20-24-16-5-1-2-7-18(16)29-20/h1-2,4-5,7-9,17H,3,6,10-15H2. The summed E-state index contributed by atoms with van der Waals surface area (Å²) in [5.41, 5.74) is 1.06. The molecule has 150 valence electrons. The molecule has 7 nitrogen and oxygen atoms in total. The molecular weight excluding hydrogens is 384 g/mol. The van der Waals surface area contributed by atoms with Crippen LogP contribution in [-0.4, -0.2) is 69.9 Å². The van der Waals surface area contributed by atoms with Gasteiger partial charge in [-0.3, -0.25) is 9.69 Å². The van der Waals surface area contributed by atoms with E-state index < -0.39 is 0 Å². The third kappa shape index (κ3) is 3.82. The fourth-order valence-corrected chi connectivity index (χ4v) is 5.35. The number of para-hydroxylation sites is 1. The lowest BCUT2D eigenvalue weighted by Crippen LogP contribution is -2.51. The van der Waals surface area contributed by atoms with E-state index in [0.717, 1.165) is 62.0 Å². The van der Waals surface area contributed by atoms with Gasteiger partial charge in [-0.05, 0) is 37.6 Å². The Morgan fingerprint density at radius 1 is 1.03 bits per heavy atom. The van der Waals surface area contributed by atoms with Gasteiger partial charge in [-0.1, -0.05) is 12.1 Å². The quantitative estimate of drug-likeness (QED) is 0.661. The fourth-order valence-electron chi connectivity index (χ4n) is 4.21. The van der Waals surface area contributed by atoms with Gasteiger partial charge < -0.3 is 9.80 Å². The number of carbonyl (C=O) groups is 1. The van der Waals surface area contributed by atoms with Crippen molar-refractivity contribution >= 4 is 33.4 Å². The number of aromatic nitrogens is 3. The van der Waals surface area contributed by atoms with Crippen molar-refractivity contribution in [3.05, 3.63) is 47.7 Å². The van der Waals surface area contributed by atoms with Crippen LogP contribution >= 0.6 is 11.3 Å². The number of anilines is 1. The van der Waals surface area contributed by atoms with Gasteiger partial charge in [-0.2, -0.15) is 0 Å². The maximum atomic E-state index is 13.0. The average Bonchev–Trinajstić information content (AvgIpc) is 3.41. The van der Waals surface area contributed by atoms with Crippen LogP contribution in [0.1, 0.15) is 23.9 Å². The third-order valence-electron chi connectivity index (χ3n) is 5.76. The number of thiazole rings is 1. The molecule has 0 radical (unpaired) electrons. The minimum absolute atomic E-state index is 0.214. The first-order valence-corrected chi connectivity index (χ1v) is 11.0. The van der Waals surface area contributed by atoms with Crippen LogP contribution in [-0.2, 0) is 4.79 Å². The van der Waals surface area contributed by atoms with Crippen LogP contribution in [0.15, 0.2) is 42.7 Å². The minimum Gasteiger partial charge on any atom is -0.338 e. The van der Waals surface area contributed by atoms with E-state index in [0.29, 0.717) is 6.54 Å². The molecule has 29 heavy (non-hydrogen) atoms. The number of rotatable bonds is 4. The maximum absolute atomic E-state index is 13.0. The van der Waals surface area contributed by atoms with Crippen LogP contribution in [0.2, 0.25) is 0 Å². The molecule has 2 saturated heterocycles. The van der Waals surface area contributed by atoms with Gasteiger partial charge in [-0.25, -0.2) is 15.0 Å². The number of hydrogen-bond donors (Lipinski definition) is 0. The highest BCUT2D eigenvalue weighted by molar-refractivity contribution is 7.18. The van der Waals surface area contributed by atoms with Gasteiger partial charge in [-0.15, -0.1) is 11.3 Å². The van der Waals surface area contributed by atoms with Gasteiger partial charge in [0, 0.05) is 38.6 Å². The molecule has 4 heterocycles. The summed E-state index contributed by atoms with van der Waals surface area (Å²) in [5, 5.41) is 1.14. The van der Waals surface area contributed by atoms with E-state index in [9.17, 15) is 4.79 Å². The third-order valence-corrected chi connectivity index (χ3v) is 6.90. The summed E-state index contributed by atoms with van der Waals surface area (Å²) < 4.78 is 1.22. The lowest BCUT2D eigenvalue weighted by atomic mass is 10.2. The van der Waals surface area contributed by atoms with E-state index in [1.165, 1.54) is 4.70 Å². The Hall–Kier alpha value is -2.58. The lowest BCUT2D eigenvalue weighted by Gasteiger charge is -2.35. The van der Waals surface area contributed by atoms with E-state index in [1.54, 1.807) is 23.7 Å². The molecule has 2 aromatic heterocycles. The molecule has 1 amide bonds. The Kier molecular flexibility index (Phi) is 5.12. The number of hydrogen-bond acceptors (Lipinski definition) is 7. The number of nitrogens with zero attached hydrogens (tertiary/aromatic N) is 6. The zero-order chi connectivity index (χ0) is 19.6. The van der Waals surface area contributed by atoms with Gasteiger partial charge in [0.15, 0.2) is 0 Å². The average molecular weight is 409 g/mol. The number of amides is 1. The highest BCUT2D eigenvalue weighted by Crippen LogP contribution is 2.36. The predicted octanol–water partition coefficient (Wildman–Crippen LogP) is 2.57. The molecule has 5 rings (SSSR count). The molecule has 2 aliphatic rings. The van der Waals surface area contributed by atoms with E-state index in [1.807, 2.05) is 17.0 Å². The highest BCUT2D eigenvalue weighted by Gasteiger charge is 2.32. The van der Waals surface area contributed by atoms with Gasteiger partial charge in [0.05, 0.1) is 22.8 Å². The molecular formula is C21H24N6OS. The van der Waals surface area contributed by atoms with Crippen LogP contribution in [0.4, 0.5) is 5.95 Å². The van der Waals surface area contributed by atoms with E-state index in [-0.39, 0.29) is 11.9 Å². The second-order valence-electron chi connectivity index (χ2n) is 7.56. The SMILES string of the molecule is O=C(CN1CCCC1c1nc2ccccc2s1)N1CCN(c2ncccn2)CC1. The molecule has 0 N–H and O–H groups in total. The molecule has 0 bridgehead atoms. The Balaban J connectivity index is 1.21. The number of fused-ring (bicyclic) bond motifs is 1. The zero-order valence-electron chi connectivity index (χ0n) is 16.3. The van der Waals surface area contributed by atoms with E-state index in [4.69, 9.17) is 4.98 Å². The number of piperazine rings is 1. The van der Waals surface area contributed by atoms with E-state index in [2.05, 4.69) is 38.0 Å². The Labute approximate surface area is 174 Å². The summed E-state index contributed by atoms with van der Waals surface area (Å²) in [6.07, 6.45) is 5.71. The Bertz CT molecular complexity index is 952. The normalized spacial score (nSPS) is 20.5. The molecule has 0 saturated carbocycles. The number of benzene rings is 1. The molecule has 2 aliphatic heterocycles. The van der Waals surface area contributed by atoms with Crippen molar-refractivity contribution in [3.8, 4) is 0 Å². The number of likely N-dealkylation sites (tertiary alicyclic amines) is 1. The Morgan fingerprint density at radius 3 is 2.62 bits per heavy atom. The molecule has 0 spiro atoms. The van der Waals surface area contributed by atoms with Gasteiger partial charge in [0.2, 0.25) is 11.9 Å². The molecule has 2 fully saturated rings. The molecule has 8 heteroatoms. The Morgan fingerprint density at radius 2 is 1.83 bits per heavy atom. The van der Waals surface area contributed by atoms with E-state index >= 15 is 0 Å². The topological polar surface area (TPSA) is 65.5 Å². The van der Waals surface area contributed by atoms with Crippen molar-refractivity contribution in [1.29, 1.82) is 0 Å². The summed E-state index contributed by atoms with van der Waals surface area (Å²) in [5.74, 6) is 0.960. The smallest absolute Gasteiger partial charge is 0.236 e. The van der Waals surface area contributed by atoms with Gasteiger partial charge in [0.25, 0.3) is 0 Å². The first-order chi connectivity index (χ1) is 14.3. The predicted molar refractivity (Wildman–Crippen MR) is 114 cm³/mol. The van der Waals surface area contributed by atoms with Crippen molar-refractivity contribution in [2.75, 3.05) is 44.2 Å². The summed E-state index contributed by atoms with van der Waals surface area (Å²) in [7, 11) is 0. The van der Waals surface area contributed by atoms with Crippen LogP contribution in [0.3, 0.4) is 0 Å². The van der Waals surface area contributed by atoms with Gasteiger partial charge >= 0.3 is 0 Å². The van der Waals surface area contributed by atoms with Crippen LogP contribution in [0.5, 0.6) is 0 Å². The summed E-state index contributed by atoms with van der Waals surface area (Å²) in [6.45, 7) is 4.42. The monoisotopic (exact) mass is 408 g/mol. The molecule has 1 unspecified atom stereocenters. The summed E-state index contributed by atoms with van der Waals surface area (Å²) in [4.78, 5) is 32.9. The second kappa shape index (κ2) is 8.04. The fraction of sp³-hybridized carbons (Fsp3) is 0.429. The minimum atomic E-state index is 0.214. The van der Waals surface area contributed by atoms with Crippen LogP contribution in [0, 0.1) is 0 Å². The molecule has 1 atom stereocenters. The van der Waals surface area contributed by atoms with Crippen molar-refractivity contribution in [3.63, 3.8) is 0 Å². The van der Waals surface area contributed by atoms with Crippen LogP contribution in [0.25, 0.3) is 10.2 Å². The van der Waals surface area contributed by atoms with Crippen molar-refractivity contribution in [2.45, 2.75) is 18.9 Å². The maximum Gasteiger partial charge on any atom is 0.236 e. The highest BCUT2D eigenvalue weighted by atomic mass is 32.1. The summed E-state index contributed by atoms with van der Waals surface area (Å²) in [6, 6.07) is 10.4.